The Morgan fingerprint density at radius 1 is 1.55 bits per heavy atom. The molecule has 11 heavy (non-hydrogen) atoms. The lowest BCUT2D eigenvalue weighted by Crippen LogP contribution is -2.17. The van der Waals surface area contributed by atoms with Crippen LogP contribution in [0, 0.1) is 0 Å². The van der Waals surface area contributed by atoms with Crippen molar-refractivity contribution in [3.05, 3.63) is 0 Å². The number of hydrogen-bond donors (Lipinski definition) is 0. The lowest BCUT2D eigenvalue weighted by atomic mass is 10.3. The zero-order valence-corrected chi connectivity index (χ0v) is 8.57. The number of nitrogens with zero attached hydrogens (tertiary/aromatic N) is 1. The average Bonchev–Trinajstić information content (AvgIpc) is 1.86. The van der Waals surface area contributed by atoms with E-state index in [0.717, 1.165) is 12.3 Å². The van der Waals surface area contributed by atoms with Crippen molar-refractivity contribution < 1.29 is 4.79 Å². The van der Waals surface area contributed by atoms with Gasteiger partial charge in [0.05, 0.1) is 5.25 Å². The Hall–Kier alpha value is -0.0200. The molecule has 0 spiro atoms. The van der Waals surface area contributed by atoms with Crippen LogP contribution >= 0.6 is 11.8 Å². The van der Waals surface area contributed by atoms with E-state index in [-0.39, 0.29) is 11.0 Å². The smallest absolute Gasteiger partial charge is 0.142 e. The van der Waals surface area contributed by atoms with Crippen LogP contribution in [0.5, 0.6) is 0 Å². The first-order valence-corrected chi connectivity index (χ1v) is 4.85. The number of ketones is 1. The quantitative estimate of drug-likeness (QED) is 0.627. The lowest BCUT2D eigenvalue weighted by molar-refractivity contribution is -0.116. The first kappa shape index (κ1) is 11.0. The SMILES string of the molecule is CC(=O)C(C)SCCN(C)C. The standard InChI is InChI=1S/C8H17NOS/c1-7(10)8(2)11-6-5-9(3)4/h8H,5-6H2,1-4H3. The van der Waals surface area contributed by atoms with Gasteiger partial charge in [0.2, 0.25) is 0 Å². The van der Waals surface area contributed by atoms with Crippen LogP contribution in [0.2, 0.25) is 0 Å². The van der Waals surface area contributed by atoms with Crippen LogP contribution < -0.4 is 0 Å². The van der Waals surface area contributed by atoms with Gasteiger partial charge in [-0.05, 0) is 27.9 Å². The van der Waals surface area contributed by atoms with E-state index in [0.29, 0.717) is 0 Å². The zero-order chi connectivity index (χ0) is 8.85. The van der Waals surface area contributed by atoms with Crippen LogP contribution in [0.3, 0.4) is 0 Å². The molecular formula is C8H17NOS. The molecule has 0 N–H and O–H groups in total. The number of hydrogen-bond acceptors (Lipinski definition) is 3. The van der Waals surface area contributed by atoms with Gasteiger partial charge in [-0.2, -0.15) is 0 Å². The number of rotatable bonds is 5. The van der Waals surface area contributed by atoms with E-state index >= 15 is 0 Å². The summed E-state index contributed by atoms with van der Waals surface area (Å²) in [5.74, 6) is 1.31. The monoisotopic (exact) mass is 175 g/mol. The molecule has 0 bridgehead atoms. The van der Waals surface area contributed by atoms with Gasteiger partial charge in [0.1, 0.15) is 5.78 Å². The lowest BCUT2D eigenvalue weighted by Gasteiger charge is -2.11. The van der Waals surface area contributed by atoms with E-state index in [1.807, 2.05) is 21.0 Å². The summed E-state index contributed by atoms with van der Waals surface area (Å²) in [6.45, 7) is 4.65. The molecule has 0 heterocycles. The molecule has 0 amide bonds. The van der Waals surface area contributed by atoms with Crippen LogP contribution in [0.4, 0.5) is 0 Å². The van der Waals surface area contributed by atoms with Crippen LogP contribution in [0.15, 0.2) is 0 Å². The third-order valence-electron chi connectivity index (χ3n) is 1.48. The summed E-state index contributed by atoms with van der Waals surface area (Å²) in [5.41, 5.74) is 0. The van der Waals surface area contributed by atoms with Gasteiger partial charge >= 0.3 is 0 Å². The van der Waals surface area contributed by atoms with Crippen molar-refractivity contribution in [1.82, 2.24) is 4.90 Å². The average molecular weight is 175 g/mol. The number of carbonyl (C=O) groups is 1. The minimum Gasteiger partial charge on any atom is -0.309 e. The van der Waals surface area contributed by atoms with Gasteiger partial charge in [0.15, 0.2) is 0 Å². The number of carbonyl (C=O) groups excluding carboxylic acids is 1. The molecule has 0 aliphatic carbocycles. The maximum absolute atomic E-state index is 10.8. The summed E-state index contributed by atoms with van der Waals surface area (Å²) in [7, 11) is 4.08. The Morgan fingerprint density at radius 2 is 2.09 bits per heavy atom. The van der Waals surface area contributed by atoms with E-state index in [1.165, 1.54) is 0 Å². The topological polar surface area (TPSA) is 20.3 Å². The Labute approximate surface area is 73.3 Å². The summed E-state index contributed by atoms with van der Waals surface area (Å²) in [6.07, 6.45) is 0. The fourth-order valence-corrected chi connectivity index (χ4v) is 1.59. The molecule has 0 fully saturated rings. The molecular weight excluding hydrogens is 158 g/mol. The summed E-state index contributed by atoms with van der Waals surface area (Å²) in [5, 5.41) is 0.162. The summed E-state index contributed by atoms with van der Waals surface area (Å²) < 4.78 is 0. The highest BCUT2D eigenvalue weighted by molar-refractivity contribution is 8.00. The molecule has 0 aromatic carbocycles. The van der Waals surface area contributed by atoms with Crippen LogP contribution in [0.25, 0.3) is 0 Å². The van der Waals surface area contributed by atoms with Gasteiger partial charge in [0.25, 0.3) is 0 Å². The van der Waals surface area contributed by atoms with Gasteiger partial charge in [-0.25, -0.2) is 0 Å². The summed E-state index contributed by atoms with van der Waals surface area (Å²) in [4.78, 5) is 12.9. The van der Waals surface area contributed by atoms with Crippen molar-refractivity contribution in [3.8, 4) is 0 Å². The maximum Gasteiger partial charge on any atom is 0.142 e. The summed E-state index contributed by atoms with van der Waals surface area (Å²) >= 11 is 1.72. The zero-order valence-electron chi connectivity index (χ0n) is 7.76. The van der Waals surface area contributed by atoms with Gasteiger partial charge in [-0.15, -0.1) is 11.8 Å². The minimum atomic E-state index is 0.162. The molecule has 66 valence electrons. The molecule has 0 radical (unpaired) electrons. The normalized spacial score (nSPS) is 13.5. The minimum absolute atomic E-state index is 0.162. The van der Waals surface area contributed by atoms with Crippen molar-refractivity contribution in [2.75, 3.05) is 26.4 Å². The maximum atomic E-state index is 10.8. The third-order valence-corrected chi connectivity index (χ3v) is 2.73. The number of Topliss-reactive ketones (excluding diaryl/α,β-unsaturated/α-hetero) is 1. The Morgan fingerprint density at radius 3 is 2.45 bits per heavy atom. The molecule has 1 atom stereocenters. The van der Waals surface area contributed by atoms with E-state index < -0.39 is 0 Å². The summed E-state index contributed by atoms with van der Waals surface area (Å²) in [6, 6.07) is 0. The molecule has 0 aliphatic heterocycles. The van der Waals surface area contributed by atoms with Crippen molar-refractivity contribution in [2.24, 2.45) is 0 Å². The van der Waals surface area contributed by atoms with Crippen molar-refractivity contribution in [1.29, 1.82) is 0 Å². The molecule has 2 nitrogen and oxygen atoms in total. The Kier molecular flexibility index (Phi) is 5.60. The Bertz CT molecular complexity index is 125. The number of thioether (sulfide) groups is 1. The predicted octanol–water partition coefficient (Wildman–Crippen LogP) is 1.26. The fourth-order valence-electron chi connectivity index (χ4n) is 0.529. The molecule has 0 rings (SSSR count). The molecule has 0 aliphatic rings. The molecule has 0 aromatic heterocycles. The van der Waals surface area contributed by atoms with Gasteiger partial charge in [-0.1, -0.05) is 0 Å². The molecule has 1 unspecified atom stereocenters. The molecule has 0 saturated carbocycles. The second kappa shape index (κ2) is 5.61. The van der Waals surface area contributed by atoms with Crippen LogP contribution in [0.1, 0.15) is 13.8 Å². The molecule has 0 aromatic rings. The first-order chi connectivity index (χ1) is 5.04. The second-order valence-electron chi connectivity index (χ2n) is 2.93. The van der Waals surface area contributed by atoms with Gasteiger partial charge in [0, 0.05) is 12.3 Å². The highest BCUT2D eigenvalue weighted by Crippen LogP contribution is 2.10. The van der Waals surface area contributed by atoms with E-state index in [1.54, 1.807) is 18.7 Å². The largest absolute Gasteiger partial charge is 0.309 e. The van der Waals surface area contributed by atoms with Crippen molar-refractivity contribution >= 4 is 17.5 Å². The molecule has 3 heteroatoms. The van der Waals surface area contributed by atoms with Crippen LogP contribution in [-0.2, 0) is 4.79 Å². The van der Waals surface area contributed by atoms with Gasteiger partial charge in [-0.3, -0.25) is 4.79 Å². The van der Waals surface area contributed by atoms with Crippen molar-refractivity contribution in [2.45, 2.75) is 19.1 Å². The Balaban J connectivity index is 3.31. The fraction of sp³-hybridized carbons (Fsp3) is 0.875. The molecule has 0 saturated heterocycles. The van der Waals surface area contributed by atoms with E-state index in [4.69, 9.17) is 0 Å². The third kappa shape index (κ3) is 6.38. The van der Waals surface area contributed by atoms with Crippen molar-refractivity contribution in [3.63, 3.8) is 0 Å². The van der Waals surface area contributed by atoms with E-state index in [2.05, 4.69) is 4.90 Å². The second-order valence-corrected chi connectivity index (χ2v) is 4.38. The van der Waals surface area contributed by atoms with Crippen LogP contribution in [-0.4, -0.2) is 42.3 Å². The highest BCUT2D eigenvalue weighted by Gasteiger charge is 2.06. The van der Waals surface area contributed by atoms with Gasteiger partial charge < -0.3 is 4.90 Å². The first-order valence-electron chi connectivity index (χ1n) is 3.81. The predicted molar refractivity (Wildman–Crippen MR) is 51.2 cm³/mol. The highest BCUT2D eigenvalue weighted by atomic mass is 32.2. The van der Waals surface area contributed by atoms with E-state index in [9.17, 15) is 4.79 Å².